The quantitative estimate of drug-likeness (QED) is 0.199. The van der Waals surface area contributed by atoms with Crippen LogP contribution in [0.15, 0.2) is 30.3 Å². The molecule has 3 N–H and O–H groups in total. The maximum absolute atomic E-state index is 14.2. The van der Waals surface area contributed by atoms with E-state index in [1.165, 1.54) is 18.4 Å². The summed E-state index contributed by atoms with van der Waals surface area (Å²) in [5, 5.41) is 17.5. The van der Waals surface area contributed by atoms with Gasteiger partial charge >= 0.3 is 12.1 Å². The first-order chi connectivity index (χ1) is 21.6. The van der Waals surface area contributed by atoms with Gasteiger partial charge in [0, 0.05) is 11.6 Å². The van der Waals surface area contributed by atoms with Gasteiger partial charge in [-0.05, 0) is 70.4 Å². The van der Waals surface area contributed by atoms with Crippen LogP contribution in [0.1, 0.15) is 107 Å². The lowest BCUT2D eigenvalue weighted by Gasteiger charge is -2.35. The number of carbonyl (C=O) groups excluding carboxylic acids is 4. The van der Waals surface area contributed by atoms with Crippen molar-refractivity contribution >= 4 is 29.6 Å². The zero-order valence-corrected chi connectivity index (χ0v) is 29.5. The van der Waals surface area contributed by atoms with E-state index in [9.17, 15) is 24.3 Å². The molecule has 3 amide bonds. The molecule has 10 nitrogen and oxygen atoms in total. The van der Waals surface area contributed by atoms with Crippen LogP contribution in [0.5, 0.6) is 0 Å². The van der Waals surface area contributed by atoms with Crippen LogP contribution in [0, 0.1) is 23.7 Å². The number of anilines is 1. The Hall–Kier alpha value is -3.14. The second kappa shape index (κ2) is 18.3. The van der Waals surface area contributed by atoms with Crippen molar-refractivity contribution in [3.05, 3.63) is 30.3 Å². The Morgan fingerprint density at radius 2 is 1.59 bits per heavy atom. The van der Waals surface area contributed by atoms with Gasteiger partial charge < -0.3 is 25.2 Å². The van der Waals surface area contributed by atoms with E-state index in [-0.39, 0.29) is 24.2 Å². The lowest BCUT2D eigenvalue weighted by atomic mass is 9.81. The Kier molecular flexibility index (Phi) is 15.5. The van der Waals surface area contributed by atoms with Gasteiger partial charge in [-0.3, -0.25) is 14.5 Å². The number of aliphatic hydroxyl groups is 1. The maximum atomic E-state index is 14.2. The molecule has 1 aromatic rings. The van der Waals surface area contributed by atoms with Crippen molar-refractivity contribution in [3.63, 3.8) is 0 Å². The monoisotopic (exact) mass is 645 g/mol. The fraction of sp³-hybridized carbons (Fsp3) is 0.722. The van der Waals surface area contributed by atoms with Crippen LogP contribution in [-0.4, -0.2) is 65.9 Å². The number of hydrogen-bond acceptors (Lipinski definition) is 7. The highest BCUT2D eigenvalue weighted by molar-refractivity contribution is 6.03. The second-order valence-corrected chi connectivity index (χ2v) is 14.3. The topological polar surface area (TPSA) is 134 Å². The first-order valence-corrected chi connectivity index (χ1v) is 17.0. The summed E-state index contributed by atoms with van der Waals surface area (Å²) < 4.78 is 10.5. The minimum Gasteiger partial charge on any atom is -0.467 e. The number of carbonyl (C=O) groups is 4. The highest BCUT2D eigenvalue weighted by Gasteiger charge is 2.39. The fourth-order valence-electron chi connectivity index (χ4n) is 6.16. The van der Waals surface area contributed by atoms with Crippen molar-refractivity contribution in [2.24, 2.45) is 23.7 Å². The molecule has 1 aliphatic rings. The van der Waals surface area contributed by atoms with Gasteiger partial charge in [-0.15, -0.1) is 0 Å². The summed E-state index contributed by atoms with van der Waals surface area (Å²) in [6.45, 7) is 14.6. The van der Waals surface area contributed by atoms with E-state index in [0.29, 0.717) is 24.4 Å². The van der Waals surface area contributed by atoms with Crippen LogP contribution in [0.4, 0.5) is 10.5 Å². The minimum absolute atomic E-state index is 0.0963. The summed E-state index contributed by atoms with van der Waals surface area (Å²) in [6.07, 6.45) is 5.19. The Morgan fingerprint density at radius 3 is 2.11 bits per heavy atom. The lowest BCUT2D eigenvalue weighted by Crippen LogP contribution is -2.57. The average molecular weight is 646 g/mol. The zero-order valence-electron chi connectivity index (χ0n) is 29.5. The third-order valence-corrected chi connectivity index (χ3v) is 9.09. The zero-order chi connectivity index (χ0) is 34.6. The molecule has 0 aromatic heterocycles. The van der Waals surface area contributed by atoms with Gasteiger partial charge in [-0.2, -0.15) is 0 Å². The van der Waals surface area contributed by atoms with Crippen molar-refractivity contribution in [2.75, 3.05) is 12.0 Å². The molecule has 0 heterocycles. The number of esters is 1. The molecule has 6 atom stereocenters. The van der Waals surface area contributed by atoms with E-state index in [1.807, 2.05) is 33.8 Å². The number of alkyl carbamates (subject to hydrolysis) is 1. The molecule has 0 bridgehead atoms. The number of amides is 3. The van der Waals surface area contributed by atoms with Crippen LogP contribution in [0.25, 0.3) is 0 Å². The van der Waals surface area contributed by atoms with Crippen LogP contribution in [-0.2, 0) is 23.9 Å². The van der Waals surface area contributed by atoms with E-state index in [4.69, 9.17) is 9.47 Å². The van der Waals surface area contributed by atoms with Gasteiger partial charge in [0.15, 0.2) is 0 Å². The van der Waals surface area contributed by atoms with E-state index in [2.05, 4.69) is 10.6 Å². The molecule has 0 saturated heterocycles. The molecule has 0 spiro atoms. The molecule has 1 fully saturated rings. The Bertz CT molecular complexity index is 1110. The SMILES string of the molecule is CC[C@H](C)[C@H](NC(=O)[C@@H](C[C@H](O)[C@H](CC1CCCCC1)NC(=O)OC(C)(C)C)C(C)C)C(=O)N(c1ccccc1)[C@@H](C)C(=O)OC. The minimum atomic E-state index is -1.01. The largest absolute Gasteiger partial charge is 0.467 e. The molecule has 1 aliphatic carbocycles. The average Bonchev–Trinajstić information content (AvgIpc) is 3.01. The van der Waals surface area contributed by atoms with Crippen molar-refractivity contribution in [3.8, 4) is 0 Å². The fourth-order valence-corrected chi connectivity index (χ4v) is 6.16. The van der Waals surface area contributed by atoms with E-state index < -0.39 is 53.7 Å². The van der Waals surface area contributed by atoms with E-state index in [1.54, 1.807) is 52.0 Å². The third kappa shape index (κ3) is 11.9. The second-order valence-electron chi connectivity index (χ2n) is 14.3. The van der Waals surface area contributed by atoms with Gasteiger partial charge in [-0.25, -0.2) is 9.59 Å². The van der Waals surface area contributed by atoms with Crippen LogP contribution < -0.4 is 15.5 Å². The van der Waals surface area contributed by atoms with Gasteiger partial charge in [0.2, 0.25) is 5.91 Å². The Morgan fingerprint density at radius 1 is 0.978 bits per heavy atom. The Labute approximate surface area is 276 Å². The molecule has 2 rings (SSSR count). The summed E-state index contributed by atoms with van der Waals surface area (Å²) in [4.78, 5) is 55.0. The first-order valence-electron chi connectivity index (χ1n) is 17.0. The number of nitrogens with zero attached hydrogens (tertiary/aromatic N) is 1. The van der Waals surface area contributed by atoms with E-state index in [0.717, 1.165) is 25.7 Å². The van der Waals surface area contributed by atoms with Gasteiger partial charge in [0.1, 0.15) is 17.7 Å². The summed E-state index contributed by atoms with van der Waals surface area (Å²) in [6, 6.07) is 6.42. The van der Waals surface area contributed by atoms with Crippen molar-refractivity contribution in [1.82, 2.24) is 10.6 Å². The number of para-hydroxylation sites is 1. The van der Waals surface area contributed by atoms with Gasteiger partial charge in [-0.1, -0.05) is 84.4 Å². The number of benzene rings is 1. The van der Waals surface area contributed by atoms with Crippen LogP contribution in [0.3, 0.4) is 0 Å². The Balaban J connectivity index is 2.33. The van der Waals surface area contributed by atoms with Crippen molar-refractivity contribution < 1.29 is 33.8 Å². The molecular weight excluding hydrogens is 586 g/mol. The van der Waals surface area contributed by atoms with Crippen LogP contribution in [0.2, 0.25) is 0 Å². The number of hydrogen-bond donors (Lipinski definition) is 3. The first kappa shape index (κ1) is 39.0. The highest BCUT2D eigenvalue weighted by Crippen LogP contribution is 2.30. The predicted molar refractivity (Wildman–Crippen MR) is 180 cm³/mol. The molecule has 1 aromatic carbocycles. The number of nitrogens with one attached hydrogen (secondary N) is 2. The summed E-state index contributed by atoms with van der Waals surface area (Å²) >= 11 is 0. The smallest absolute Gasteiger partial charge is 0.407 e. The molecule has 0 unspecified atom stereocenters. The molecule has 260 valence electrons. The van der Waals surface area contributed by atoms with Crippen molar-refractivity contribution in [1.29, 1.82) is 0 Å². The molecule has 0 aliphatic heterocycles. The maximum Gasteiger partial charge on any atom is 0.407 e. The number of aliphatic hydroxyl groups excluding tert-OH is 1. The summed E-state index contributed by atoms with van der Waals surface area (Å²) in [7, 11) is 1.28. The summed E-state index contributed by atoms with van der Waals surface area (Å²) in [5.74, 6) is -2.06. The predicted octanol–water partition coefficient (Wildman–Crippen LogP) is 6.00. The number of ether oxygens (including phenoxy) is 2. The van der Waals surface area contributed by atoms with Gasteiger partial charge in [0.05, 0.1) is 19.3 Å². The normalized spacial score (nSPS) is 18.0. The molecule has 1 saturated carbocycles. The van der Waals surface area contributed by atoms with Crippen molar-refractivity contribution in [2.45, 2.75) is 137 Å². The van der Waals surface area contributed by atoms with E-state index >= 15 is 0 Å². The molecule has 10 heteroatoms. The molecule has 46 heavy (non-hydrogen) atoms. The lowest BCUT2D eigenvalue weighted by molar-refractivity contribution is -0.143. The number of rotatable bonds is 15. The van der Waals surface area contributed by atoms with Crippen LogP contribution >= 0.6 is 0 Å². The summed E-state index contributed by atoms with van der Waals surface area (Å²) in [5.41, 5.74) is -0.177. The third-order valence-electron chi connectivity index (χ3n) is 9.09. The molecule has 0 radical (unpaired) electrons. The van der Waals surface area contributed by atoms with Gasteiger partial charge in [0.25, 0.3) is 5.91 Å². The number of methoxy groups -OCH3 is 1. The molecular formula is C36H59N3O7. The highest BCUT2D eigenvalue weighted by atomic mass is 16.6. The standard InChI is InChI=1S/C36H59N3O7/c1-10-24(4)31(33(42)39(25(5)34(43)45-9)27-19-15-12-16-20-27)38-32(41)28(23(2)3)22-30(40)29(21-26-17-13-11-14-18-26)37-35(44)46-36(6,7)8/h12,15-16,19-20,23-26,28-31,40H,10-11,13-14,17-18,21-22H2,1-9H3,(H,37,44)(H,38,41)/t24-,25-,28-,29-,30-,31-/m0/s1.